The van der Waals surface area contributed by atoms with Crippen molar-refractivity contribution >= 4 is 23.0 Å². The molecule has 0 heterocycles. The number of thiocarbonyl (C=S) groups is 1. The molecule has 2 aliphatic carbocycles. The molecule has 0 spiro atoms. The summed E-state index contributed by atoms with van der Waals surface area (Å²) < 4.78 is 0. The van der Waals surface area contributed by atoms with Gasteiger partial charge in [0.2, 0.25) is 0 Å². The largest absolute Gasteiger partial charge is 0.359 e. The molecule has 2 rings (SSSR count). The fourth-order valence-corrected chi connectivity index (χ4v) is 4.01. The Bertz CT molecular complexity index is 370. The molecule has 1 atom stereocenters. The molecule has 1 unspecified atom stereocenters. The van der Waals surface area contributed by atoms with Gasteiger partial charge in [-0.2, -0.15) is 5.10 Å². The lowest BCUT2D eigenvalue weighted by atomic mass is 9.72. The summed E-state index contributed by atoms with van der Waals surface area (Å²) in [7, 11) is 0. The second-order valence-corrected chi connectivity index (χ2v) is 7.86. The van der Waals surface area contributed by atoms with E-state index in [9.17, 15) is 0 Å². The van der Waals surface area contributed by atoms with Crippen LogP contribution in [0.1, 0.15) is 72.1 Å². The van der Waals surface area contributed by atoms with Gasteiger partial charge in [-0.25, -0.2) is 0 Å². The maximum absolute atomic E-state index is 5.36. The van der Waals surface area contributed by atoms with E-state index in [0.29, 0.717) is 16.6 Å². The predicted octanol–water partition coefficient (Wildman–Crippen LogP) is 3.99. The summed E-state index contributed by atoms with van der Waals surface area (Å²) in [5, 5.41) is 8.66. The minimum Gasteiger partial charge on any atom is -0.359 e. The van der Waals surface area contributed by atoms with Gasteiger partial charge in [-0.05, 0) is 55.7 Å². The Balaban J connectivity index is 1.80. The highest BCUT2D eigenvalue weighted by molar-refractivity contribution is 7.80. The summed E-state index contributed by atoms with van der Waals surface area (Å²) >= 11 is 5.36. The molecule has 2 aliphatic rings. The first-order valence-corrected chi connectivity index (χ1v) is 8.47. The number of nitrogens with one attached hydrogen (secondary N) is 2. The molecule has 2 fully saturated rings. The van der Waals surface area contributed by atoms with Crippen LogP contribution in [0, 0.1) is 11.3 Å². The Morgan fingerprint density at radius 3 is 2.60 bits per heavy atom. The summed E-state index contributed by atoms with van der Waals surface area (Å²) in [6.45, 7) is 6.97. The Hall–Kier alpha value is -0.640. The smallest absolute Gasteiger partial charge is 0.187 e. The van der Waals surface area contributed by atoms with Crippen molar-refractivity contribution in [1.82, 2.24) is 10.7 Å². The van der Waals surface area contributed by atoms with Crippen LogP contribution in [0.5, 0.6) is 0 Å². The average Bonchev–Trinajstić information content (AvgIpc) is 2.35. The van der Waals surface area contributed by atoms with Gasteiger partial charge in [0, 0.05) is 11.8 Å². The molecule has 3 nitrogen and oxygen atoms in total. The molecule has 4 heteroatoms. The van der Waals surface area contributed by atoms with Gasteiger partial charge in [-0.1, -0.05) is 40.0 Å². The average molecular weight is 295 g/mol. The lowest BCUT2D eigenvalue weighted by molar-refractivity contribution is 0.265. The fraction of sp³-hybridized carbons (Fsp3) is 0.875. The molecule has 0 aromatic carbocycles. The first-order chi connectivity index (χ1) is 9.44. The van der Waals surface area contributed by atoms with Gasteiger partial charge in [0.05, 0.1) is 0 Å². The first-order valence-electron chi connectivity index (χ1n) is 8.06. The van der Waals surface area contributed by atoms with Crippen molar-refractivity contribution in [1.29, 1.82) is 0 Å². The summed E-state index contributed by atoms with van der Waals surface area (Å²) in [6, 6.07) is 0.547. The standard InChI is InChI=1S/C16H29N3S/c1-12-9-14(11-16(2,3)10-12)18-19-15(20)17-13-7-5-4-6-8-13/h12-13H,4-11H2,1-3H3,(H2,17,19,20). The highest BCUT2D eigenvalue weighted by atomic mass is 32.1. The molecule has 0 amide bonds. The summed E-state index contributed by atoms with van der Waals surface area (Å²) in [5.74, 6) is 0.721. The van der Waals surface area contributed by atoms with E-state index in [0.717, 1.165) is 18.8 Å². The third kappa shape index (κ3) is 5.04. The van der Waals surface area contributed by atoms with Crippen molar-refractivity contribution in [2.24, 2.45) is 16.4 Å². The molecule has 2 saturated carbocycles. The number of nitrogens with zero attached hydrogens (tertiary/aromatic N) is 1. The van der Waals surface area contributed by atoms with Gasteiger partial charge in [-0.15, -0.1) is 0 Å². The van der Waals surface area contributed by atoms with Crippen molar-refractivity contribution in [2.45, 2.75) is 78.2 Å². The maximum atomic E-state index is 5.36. The van der Waals surface area contributed by atoms with Crippen molar-refractivity contribution < 1.29 is 0 Å². The molecule has 114 valence electrons. The third-order valence-electron chi connectivity index (χ3n) is 4.42. The monoisotopic (exact) mass is 295 g/mol. The predicted molar refractivity (Wildman–Crippen MR) is 90.0 cm³/mol. The van der Waals surface area contributed by atoms with Crippen LogP contribution >= 0.6 is 12.2 Å². The maximum Gasteiger partial charge on any atom is 0.187 e. The van der Waals surface area contributed by atoms with Crippen LogP contribution in [0.3, 0.4) is 0 Å². The van der Waals surface area contributed by atoms with Crippen LogP contribution in [0.2, 0.25) is 0 Å². The quantitative estimate of drug-likeness (QED) is 0.597. The van der Waals surface area contributed by atoms with Crippen molar-refractivity contribution in [2.75, 3.05) is 0 Å². The van der Waals surface area contributed by atoms with Gasteiger partial charge in [0.25, 0.3) is 0 Å². The van der Waals surface area contributed by atoms with E-state index >= 15 is 0 Å². The van der Waals surface area contributed by atoms with E-state index in [1.807, 2.05) is 0 Å². The topological polar surface area (TPSA) is 36.4 Å². The molecule has 0 aromatic heterocycles. The number of hydrogen-bond acceptors (Lipinski definition) is 2. The fourth-order valence-electron chi connectivity index (χ4n) is 3.79. The summed E-state index contributed by atoms with van der Waals surface area (Å²) in [4.78, 5) is 0. The second kappa shape index (κ2) is 6.88. The van der Waals surface area contributed by atoms with Crippen molar-refractivity contribution in [3.8, 4) is 0 Å². The molecular weight excluding hydrogens is 266 g/mol. The second-order valence-electron chi connectivity index (χ2n) is 7.45. The van der Waals surface area contributed by atoms with Crippen LogP contribution in [0.4, 0.5) is 0 Å². The van der Waals surface area contributed by atoms with E-state index in [2.05, 4.69) is 36.6 Å². The van der Waals surface area contributed by atoms with E-state index in [4.69, 9.17) is 12.2 Å². The zero-order valence-electron chi connectivity index (χ0n) is 13.2. The molecule has 0 bridgehead atoms. The molecule has 0 aromatic rings. The Morgan fingerprint density at radius 1 is 1.25 bits per heavy atom. The Morgan fingerprint density at radius 2 is 1.95 bits per heavy atom. The van der Waals surface area contributed by atoms with Crippen LogP contribution in [0.25, 0.3) is 0 Å². The number of hydrogen-bond donors (Lipinski definition) is 2. The molecule has 20 heavy (non-hydrogen) atoms. The van der Waals surface area contributed by atoms with E-state index in [1.54, 1.807) is 0 Å². The molecule has 0 radical (unpaired) electrons. The Kier molecular flexibility index (Phi) is 5.42. The van der Waals surface area contributed by atoms with E-state index in [-0.39, 0.29) is 0 Å². The lowest BCUT2D eigenvalue weighted by Gasteiger charge is -2.34. The van der Waals surface area contributed by atoms with Gasteiger partial charge in [0.1, 0.15) is 0 Å². The lowest BCUT2D eigenvalue weighted by Crippen LogP contribution is -2.41. The molecule has 0 aliphatic heterocycles. The molecule has 2 N–H and O–H groups in total. The Labute approximate surface area is 129 Å². The third-order valence-corrected chi connectivity index (χ3v) is 4.63. The molecule has 0 saturated heterocycles. The van der Waals surface area contributed by atoms with Crippen molar-refractivity contribution in [3.05, 3.63) is 0 Å². The highest BCUT2D eigenvalue weighted by Gasteiger charge is 2.29. The zero-order valence-corrected chi connectivity index (χ0v) is 14.0. The normalized spacial score (nSPS) is 29.1. The van der Waals surface area contributed by atoms with Crippen molar-refractivity contribution in [3.63, 3.8) is 0 Å². The van der Waals surface area contributed by atoms with E-state index < -0.39 is 0 Å². The first kappa shape index (κ1) is 15.7. The van der Waals surface area contributed by atoms with Crippen LogP contribution < -0.4 is 10.7 Å². The van der Waals surface area contributed by atoms with Gasteiger partial charge in [0.15, 0.2) is 5.11 Å². The van der Waals surface area contributed by atoms with Crippen LogP contribution in [-0.2, 0) is 0 Å². The van der Waals surface area contributed by atoms with Gasteiger partial charge in [-0.3, -0.25) is 5.43 Å². The SMILES string of the molecule is CC1CC(=NNC(=S)NC2CCCCC2)CC(C)(C)C1. The minimum absolute atomic E-state index is 0.372. The summed E-state index contributed by atoms with van der Waals surface area (Å²) in [6.07, 6.45) is 9.95. The van der Waals surface area contributed by atoms with Gasteiger partial charge >= 0.3 is 0 Å². The zero-order chi connectivity index (χ0) is 14.6. The molecular formula is C16H29N3S. The van der Waals surface area contributed by atoms with Gasteiger partial charge < -0.3 is 5.32 Å². The number of hydrazone groups is 1. The van der Waals surface area contributed by atoms with Crippen LogP contribution in [0.15, 0.2) is 5.10 Å². The summed E-state index contributed by atoms with van der Waals surface area (Å²) in [5.41, 5.74) is 4.70. The highest BCUT2D eigenvalue weighted by Crippen LogP contribution is 2.36. The minimum atomic E-state index is 0.372. The van der Waals surface area contributed by atoms with E-state index in [1.165, 1.54) is 44.2 Å². The van der Waals surface area contributed by atoms with Crippen LogP contribution in [-0.4, -0.2) is 16.9 Å². The number of rotatable bonds is 2.